The van der Waals surface area contributed by atoms with Gasteiger partial charge >= 0.3 is 7.60 Å². The zero-order chi connectivity index (χ0) is 39.5. The number of aliphatic hydroxyl groups excluding tert-OH is 1. The summed E-state index contributed by atoms with van der Waals surface area (Å²) in [7, 11) is -2.37. The first-order valence-corrected chi connectivity index (χ1v) is 21.1. The number of aliphatic hydroxyl groups is 1. The Bertz CT molecular complexity index is 2010. The molecule has 0 spiro atoms. The Kier molecular flexibility index (Phi) is 12.5. The molecule has 56 heavy (non-hydrogen) atoms. The normalized spacial score (nSPS) is 20.8. The third-order valence-electron chi connectivity index (χ3n) is 11.1. The van der Waals surface area contributed by atoms with Crippen molar-refractivity contribution >= 4 is 30.3 Å². The molecule has 3 fully saturated rings. The van der Waals surface area contributed by atoms with Gasteiger partial charge in [-0.05, 0) is 56.2 Å². The average Bonchev–Trinajstić information content (AvgIpc) is 3.61. The molecule has 1 saturated heterocycles. The summed E-state index contributed by atoms with van der Waals surface area (Å²) in [4.78, 5) is 19.7. The fourth-order valence-electron chi connectivity index (χ4n) is 8.12. The minimum absolute atomic E-state index is 0.0810. The zero-order valence-electron chi connectivity index (χ0n) is 31.4. The summed E-state index contributed by atoms with van der Waals surface area (Å²) in [6.45, 7) is 0.393. The van der Waals surface area contributed by atoms with Crippen LogP contribution in [0.1, 0.15) is 82.6 Å². The van der Waals surface area contributed by atoms with Gasteiger partial charge in [-0.1, -0.05) is 38.5 Å². The van der Waals surface area contributed by atoms with Gasteiger partial charge in [-0.2, -0.15) is 0 Å². The average molecular weight is 805 g/mol. The Hall–Kier alpha value is -3.89. The van der Waals surface area contributed by atoms with Crippen LogP contribution in [0.3, 0.4) is 0 Å². The molecule has 4 heterocycles. The minimum atomic E-state index is -3.60. The first-order chi connectivity index (χ1) is 26.9. The number of hydrogen-bond donors (Lipinski definition) is 3. The number of aromatic nitrogens is 5. The maximum absolute atomic E-state index is 15.3. The highest BCUT2D eigenvalue weighted by Gasteiger charge is 2.43. The van der Waals surface area contributed by atoms with Crippen molar-refractivity contribution in [2.75, 3.05) is 36.7 Å². The van der Waals surface area contributed by atoms with E-state index in [-0.39, 0.29) is 55.0 Å². The number of halogens is 4. The van der Waals surface area contributed by atoms with Crippen LogP contribution in [0.2, 0.25) is 0 Å². The highest BCUT2D eigenvalue weighted by atomic mass is 31.2. The lowest BCUT2D eigenvalue weighted by Crippen LogP contribution is -2.63. The summed E-state index contributed by atoms with van der Waals surface area (Å²) in [5, 5.41) is 13.6. The Morgan fingerprint density at radius 2 is 1.66 bits per heavy atom. The number of pyridine rings is 1. The number of methoxy groups -OCH3 is 1. The van der Waals surface area contributed by atoms with Crippen LogP contribution >= 0.6 is 7.60 Å². The predicted molar refractivity (Wildman–Crippen MR) is 203 cm³/mol. The largest absolute Gasteiger partial charge is 0.494 e. The zero-order valence-corrected chi connectivity index (χ0v) is 32.3. The molecule has 4 N–H and O–H groups in total. The molecule has 2 atom stereocenters. The van der Waals surface area contributed by atoms with Gasteiger partial charge in [0.25, 0.3) is 6.43 Å². The fraction of sp³-hybridized carbons (Fsp3) is 0.579. The molecule has 0 radical (unpaired) electrons. The van der Waals surface area contributed by atoms with Crippen molar-refractivity contribution in [3.05, 3.63) is 54.2 Å². The second kappa shape index (κ2) is 17.3. The molecular formula is C38H49F4N8O5P. The monoisotopic (exact) mass is 804 g/mol. The van der Waals surface area contributed by atoms with Gasteiger partial charge in [0.05, 0.1) is 55.3 Å². The first-order valence-electron chi connectivity index (χ1n) is 19.3. The molecule has 7 rings (SSSR count). The van der Waals surface area contributed by atoms with Gasteiger partial charge in [0.1, 0.15) is 30.1 Å². The van der Waals surface area contributed by atoms with E-state index in [1.165, 1.54) is 19.6 Å². The first kappa shape index (κ1) is 40.3. The second-order valence-electron chi connectivity index (χ2n) is 15.1. The third-order valence-corrected chi connectivity index (χ3v) is 12.9. The standard InChI is InChI=1S/C38H49F4N8O5P/c1-53-32-17-28(39)27(16-29(32)40)30-15-24(31(18-44-30)49-14-8-13-38(43,20-49)34(51)35(41)42)19-50-22-47-33-36(45-21-46-37(33)50)48-23-56(52,54-25-9-4-2-5-10-25)55-26-11-6-3-7-12-26/h15-18,21-22,25-26,34-35,51H,2-14,19-20,23,43H2,1H3,(H,45,46,48)/t34-,38-/m1/s1. The van der Waals surface area contributed by atoms with Crippen molar-refractivity contribution in [2.45, 2.75) is 114 Å². The van der Waals surface area contributed by atoms with Gasteiger partial charge in [-0.25, -0.2) is 32.5 Å². The van der Waals surface area contributed by atoms with Crippen molar-refractivity contribution in [3.63, 3.8) is 0 Å². The summed E-state index contributed by atoms with van der Waals surface area (Å²) in [6.07, 6.45) is 9.07. The quantitative estimate of drug-likeness (QED) is 0.0856. The van der Waals surface area contributed by atoms with E-state index in [4.69, 9.17) is 19.5 Å². The van der Waals surface area contributed by atoms with Crippen molar-refractivity contribution < 1.29 is 41.0 Å². The Labute approximate surface area is 322 Å². The highest BCUT2D eigenvalue weighted by molar-refractivity contribution is 7.54. The van der Waals surface area contributed by atoms with Gasteiger partial charge < -0.3 is 39.4 Å². The smallest absolute Gasteiger partial charge is 0.350 e. The molecule has 2 aliphatic carbocycles. The van der Waals surface area contributed by atoms with E-state index >= 15 is 4.39 Å². The lowest BCUT2D eigenvalue weighted by molar-refractivity contribution is -0.0529. The van der Waals surface area contributed by atoms with E-state index in [2.05, 4.69) is 25.3 Å². The van der Waals surface area contributed by atoms with E-state index in [0.29, 0.717) is 41.2 Å². The summed E-state index contributed by atoms with van der Waals surface area (Å²) < 4.78 is 91.0. The summed E-state index contributed by atoms with van der Waals surface area (Å²) >= 11 is 0. The van der Waals surface area contributed by atoms with E-state index in [9.17, 15) is 22.8 Å². The Balaban J connectivity index is 1.19. The fourth-order valence-corrected chi connectivity index (χ4v) is 9.99. The third kappa shape index (κ3) is 8.96. The molecule has 3 aromatic heterocycles. The highest BCUT2D eigenvalue weighted by Crippen LogP contribution is 2.53. The van der Waals surface area contributed by atoms with Crippen molar-refractivity contribution in [2.24, 2.45) is 5.73 Å². The number of nitrogens with two attached hydrogens (primary N) is 1. The maximum atomic E-state index is 15.3. The molecule has 3 aliphatic rings. The minimum Gasteiger partial charge on any atom is -0.494 e. The Morgan fingerprint density at radius 1 is 0.964 bits per heavy atom. The molecule has 0 bridgehead atoms. The molecule has 304 valence electrons. The molecule has 13 nitrogen and oxygen atoms in total. The molecular weight excluding hydrogens is 755 g/mol. The van der Waals surface area contributed by atoms with Crippen LogP contribution in [0.15, 0.2) is 37.1 Å². The molecule has 1 aromatic carbocycles. The Morgan fingerprint density at radius 3 is 2.32 bits per heavy atom. The lowest BCUT2D eigenvalue weighted by atomic mass is 9.84. The number of ether oxygens (including phenoxy) is 1. The van der Waals surface area contributed by atoms with Gasteiger partial charge in [-0.3, -0.25) is 9.55 Å². The van der Waals surface area contributed by atoms with Gasteiger partial charge in [-0.15, -0.1) is 0 Å². The summed E-state index contributed by atoms with van der Waals surface area (Å²) in [5.74, 6) is -1.48. The van der Waals surface area contributed by atoms with E-state index in [0.717, 1.165) is 76.3 Å². The molecule has 18 heteroatoms. The van der Waals surface area contributed by atoms with Crippen LogP contribution in [0.5, 0.6) is 5.75 Å². The SMILES string of the molecule is COc1cc(F)c(-c2cc(Cn3cnc4c(NCP(=O)(OC5CCCCC5)OC5CCCCC5)ncnc43)c(N3CCC[C@](N)([C@H](O)C(F)F)C3)cn2)cc1F. The summed E-state index contributed by atoms with van der Waals surface area (Å²) in [6, 6.07) is 3.52. The van der Waals surface area contributed by atoms with E-state index in [1.807, 2.05) is 0 Å². The van der Waals surface area contributed by atoms with Crippen molar-refractivity contribution in [1.82, 2.24) is 24.5 Å². The summed E-state index contributed by atoms with van der Waals surface area (Å²) in [5.41, 5.74) is 6.60. The van der Waals surface area contributed by atoms with Crippen LogP contribution in [0.4, 0.5) is 29.1 Å². The number of fused-ring (bicyclic) bond motifs is 1. The predicted octanol–water partition coefficient (Wildman–Crippen LogP) is 7.41. The number of benzene rings is 1. The van der Waals surface area contributed by atoms with E-state index < -0.39 is 37.3 Å². The molecule has 2 saturated carbocycles. The molecule has 0 unspecified atom stereocenters. The number of rotatable bonds is 14. The van der Waals surface area contributed by atoms with E-state index in [1.54, 1.807) is 21.9 Å². The van der Waals surface area contributed by atoms with Crippen molar-refractivity contribution in [1.29, 1.82) is 0 Å². The van der Waals surface area contributed by atoms with Crippen LogP contribution in [-0.2, 0) is 20.2 Å². The van der Waals surface area contributed by atoms with Crippen LogP contribution < -0.4 is 20.7 Å². The maximum Gasteiger partial charge on any atom is 0.350 e. The topological polar surface area (TPSA) is 163 Å². The molecule has 0 amide bonds. The van der Waals surface area contributed by atoms with Crippen LogP contribution in [0, 0.1) is 11.6 Å². The number of piperidine rings is 1. The number of alkyl halides is 2. The van der Waals surface area contributed by atoms with Gasteiger partial charge in [0, 0.05) is 24.7 Å². The number of imidazole rings is 1. The number of hydrogen-bond acceptors (Lipinski definition) is 12. The van der Waals surface area contributed by atoms with Crippen molar-refractivity contribution in [3.8, 4) is 17.0 Å². The molecule has 1 aliphatic heterocycles. The van der Waals surface area contributed by atoms with Gasteiger partial charge in [0.2, 0.25) is 0 Å². The second-order valence-corrected chi connectivity index (χ2v) is 17.1. The lowest BCUT2D eigenvalue weighted by Gasteiger charge is -2.44. The molecule has 4 aromatic rings. The number of nitrogens with zero attached hydrogens (tertiary/aromatic N) is 6. The number of anilines is 2. The van der Waals surface area contributed by atoms with Crippen LogP contribution in [-0.4, -0.2) is 86.4 Å². The van der Waals surface area contributed by atoms with Crippen LogP contribution in [0.25, 0.3) is 22.4 Å². The van der Waals surface area contributed by atoms with Gasteiger partial charge in [0.15, 0.2) is 23.0 Å². The number of nitrogens with one attached hydrogen (secondary N) is 1.